The zero-order valence-corrected chi connectivity index (χ0v) is 25.6. The molecule has 2 atom stereocenters. The van der Waals surface area contributed by atoms with Crippen LogP contribution in [-0.2, 0) is 38.8 Å². The topological polar surface area (TPSA) is 70.7 Å². The minimum atomic E-state index is 0.112. The second kappa shape index (κ2) is 16.6. The van der Waals surface area contributed by atoms with Gasteiger partial charge in [-0.2, -0.15) is 0 Å². The lowest BCUT2D eigenvalue weighted by molar-refractivity contribution is 0.0106. The molecule has 0 unspecified atom stereocenters. The van der Waals surface area contributed by atoms with Gasteiger partial charge < -0.3 is 38.6 Å². The molecular weight excluding hydrogens is 544 g/mol. The molecule has 1 N–H and O–H groups in total. The summed E-state index contributed by atoms with van der Waals surface area (Å²) < 4.78 is 34.8. The number of rotatable bonds is 16. The summed E-state index contributed by atoms with van der Waals surface area (Å²) >= 11 is 0. The van der Waals surface area contributed by atoms with Gasteiger partial charge in [0.2, 0.25) is 0 Å². The van der Waals surface area contributed by atoms with Crippen LogP contribution in [0.4, 0.5) is 5.69 Å². The van der Waals surface area contributed by atoms with E-state index < -0.39 is 0 Å². The SMILES string of the molecule is COCCCN1CCOc2ccc(CO[C@H]3CNCC[C@@H]3c3ccc(COCCOCc4ccccc4OC)cc3)cc21. The van der Waals surface area contributed by atoms with Gasteiger partial charge in [0.1, 0.15) is 18.1 Å². The second-order valence-electron chi connectivity index (χ2n) is 11.1. The number of fused-ring (bicyclic) bond motifs is 1. The van der Waals surface area contributed by atoms with E-state index >= 15 is 0 Å². The Hall–Kier alpha value is -3.14. The summed E-state index contributed by atoms with van der Waals surface area (Å²) in [6, 6.07) is 23.2. The van der Waals surface area contributed by atoms with Gasteiger partial charge in [0.25, 0.3) is 0 Å². The van der Waals surface area contributed by atoms with E-state index in [2.05, 4.69) is 52.7 Å². The monoisotopic (exact) mass is 590 g/mol. The largest absolute Gasteiger partial charge is 0.496 e. The van der Waals surface area contributed by atoms with Gasteiger partial charge in [-0.1, -0.05) is 48.5 Å². The van der Waals surface area contributed by atoms with Gasteiger partial charge in [-0.3, -0.25) is 0 Å². The molecule has 0 aliphatic carbocycles. The van der Waals surface area contributed by atoms with Crippen molar-refractivity contribution in [2.75, 3.05) is 71.7 Å². The third kappa shape index (κ3) is 8.94. The Bertz CT molecular complexity index is 1250. The van der Waals surface area contributed by atoms with Gasteiger partial charge in [0.05, 0.1) is 58.5 Å². The molecule has 5 rings (SSSR count). The highest BCUT2D eigenvalue weighted by Crippen LogP contribution is 2.34. The van der Waals surface area contributed by atoms with E-state index in [9.17, 15) is 0 Å². The van der Waals surface area contributed by atoms with Gasteiger partial charge in [-0.25, -0.2) is 0 Å². The van der Waals surface area contributed by atoms with Gasteiger partial charge >= 0.3 is 0 Å². The van der Waals surface area contributed by atoms with E-state index in [1.807, 2.05) is 24.3 Å². The van der Waals surface area contributed by atoms with Crippen LogP contribution in [0, 0.1) is 0 Å². The molecule has 1 saturated heterocycles. The van der Waals surface area contributed by atoms with Crippen LogP contribution in [0.15, 0.2) is 66.7 Å². The molecule has 2 aliphatic rings. The Morgan fingerprint density at radius 3 is 2.53 bits per heavy atom. The standard InChI is InChI=1S/C35H46N2O6/c1-38-18-5-16-37-17-19-42-34-13-10-28(22-32(34)37)25-43-35-23-36-15-14-31(35)29-11-8-27(9-12-29)24-40-20-21-41-26-30-6-3-4-7-33(30)39-2/h3-4,6-13,22,31,35-36H,5,14-21,23-26H2,1-2H3/t31-,35+/m1/s1. The summed E-state index contributed by atoms with van der Waals surface area (Å²) in [5.41, 5.74) is 5.84. The first-order chi connectivity index (χ1) is 21.2. The van der Waals surface area contributed by atoms with Crippen LogP contribution in [0.1, 0.15) is 41.0 Å². The van der Waals surface area contributed by atoms with Gasteiger partial charge in [0.15, 0.2) is 0 Å². The van der Waals surface area contributed by atoms with E-state index in [0.717, 1.165) is 80.5 Å². The van der Waals surface area contributed by atoms with E-state index in [0.29, 0.717) is 39.0 Å². The Balaban J connectivity index is 1.08. The van der Waals surface area contributed by atoms with Crippen molar-refractivity contribution in [1.82, 2.24) is 5.32 Å². The molecule has 0 radical (unpaired) electrons. The number of nitrogens with zero attached hydrogens (tertiary/aromatic N) is 1. The van der Waals surface area contributed by atoms with E-state index in [1.165, 1.54) is 11.1 Å². The fourth-order valence-corrected chi connectivity index (χ4v) is 5.80. The van der Waals surface area contributed by atoms with Crippen molar-refractivity contribution in [2.45, 2.75) is 44.7 Å². The van der Waals surface area contributed by atoms with Crippen LogP contribution in [0.3, 0.4) is 0 Å². The molecule has 8 nitrogen and oxygen atoms in total. The van der Waals surface area contributed by atoms with Gasteiger partial charge in [-0.15, -0.1) is 0 Å². The lowest BCUT2D eigenvalue weighted by atomic mass is 9.87. The molecule has 8 heteroatoms. The van der Waals surface area contributed by atoms with Crippen molar-refractivity contribution in [1.29, 1.82) is 0 Å². The average Bonchev–Trinajstić information content (AvgIpc) is 3.06. The van der Waals surface area contributed by atoms with Crippen molar-refractivity contribution in [3.63, 3.8) is 0 Å². The maximum atomic E-state index is 6.55. The maximum Gasteiger partial charge on any atom is 0.142 e. The first-order valence-electron chi connectivity index (χ1n) is 15.4. The van der Waals surface area contributed by atoms with Crippen LogP contribution in [0.2, 0.25) is 0 Å². The van der Waals surface area contributed by atoms with E-state index in [1.54, 1.807) is 14.2 Å². The minimum Gasteiger partial charge on any atom is -0.496 e. The van der Waals surface area contributed by atoms with Crippen LogP contribution >= 0.6 is 0 Å². The highest BCUT2D eigenvalue weighted by atomic mass is 16.5. The Morgan fingerprint density at radius 2 is 1.70 bits per heavy atom. The number of piperidine rings is 1. The summed E-state index contributed by atoms with van der Waals surface area (Å²) in [6.07, 6.45) is 2.16. The van der Waals surface area contributed by atoms with E-state index in [-0.39, 0.29) is 6.10 Å². The van der Waals surface area contributed by atoms with Crippen molar-refractivity contribution in [3.05, 3.63) is 89.0 Å². The molecule has 3 aromatic carbocycles. The fraction of sp³-hybridized carbons (Fsp3) is 0.486. The van der Waals surface area contributed by atoms with Crippen LogP contribution in [0.5, 0.6) is 11.5 Å². The fourth-order valence-electron chi connectivity index (χ4n) is 5.80. The average molecular weight is 591 g/mol. The Labute approximate surface area is 256 Å². The molecule has 0 saturated carbocycles. The number of para-hydroxylation sites is 1. The molecule has 0 amide bonds. The molecule has 0 aromatic heterocycles. The quantitative estimate of drug-likeness (QED) is 0.225. The van der Waals surface area contributed by atoms with Crippen molar-refractivity contribution < 1.29 is 28.4 Å². The predicted molar refractivity (Wildman–Crippen MR) is 168 cm³/mol. The van der Waals surface area contributed by atoms with E-state index in [4.69, 9.17) is 28.4 Å². The number of nitrogens with one attached hydrogen (secondary N) is 1. The molecule has 0 spiro atoms. The van der Waals surface area contributed by atoms with Crippen molar-refractivity contribution in [2.24, 2.45) is 0 Å². The highest BCUT2D eigenvalue weighted by molar-refractivity contribution is 5.61. The summed E-state index contributed by atoms with van der Waals surface area (Å²) in [5.74, 6) is 2.15. The zero-order chi connectivity index (χ0) is 29.7. The number of ether oxygens (including phenoxy) is 6. The summed E-state index contributed by atoms with van der Waals surface area (Å²) in [6.45, 7) is 7.91. The number of methoxy groups -OCH3 is 2. The predicted octanol–water partition coefficient (Wildman–Crippen LogP) is 5.33. The summed E-state index contributed by atoms with van der Waals surface area (Å²) in [4.78, 5) is 2.40. The van der Waals surface area contributed by atoms with Crippen LogP contribution in [0.25, 0.3) is 0 Å². The first kappa shape index (κ1) is 31.3. The van der Waals surface area contributed by atoms with Crippen LogP contribution < -0.4 is 19.7 Å². The second-order valence-corrected chi connectivity index (χ2v) is 11.1. The lowest BCUT2D eigenvalue weighted by Crippen LogP contribution is -2.41. The molecule has 2 aliphatic heterocycles. The Morgan fingerprint density at radius 1 is 0.884 bits per heavy atom. The van der Waals surface area contributed by atoms with Gasteiger partial charge in [-0.05, 0) is 54.3 Å². The molecule has 3 aromatic rings. The normalized spacial score (nSPS) is 18.2. The van der Waals surface area contributed by atoms with Gasteiger partial charge in [0, 0.05) is 38.3 Å². The summed E-state index contributed by atoms with van der Waals surface area (Å²) in [5, 5.41) is 3.53. The van der Waals surface area contributed by atoms with Crippen molar-refractivity contribution >= 4 is 5.69 Å². The highest BCUT2D eigenvalue weighted by Gasteiger charge is 2.27. The Kier molecular flexibility index (Phi) is 12.1. The third-order valence-electron chi connectivity index (χ3n) is 8.15. The number of anilines is 1. The van der Waals surface area contributed by atoms with Crippen molar-refractivity contribution in [3.8, 4) is 11.5 Å². The first-order valence-corrected chi connectivity index (χ1v) is 15.4. The molecule has 0 bridgehead atoms. The number of hydrogen-bond donors (Lipinski definition) is 1. The number of benzene rings is 3. The molecule has 2 heterocycles. The maximum absolute atomic E-state index is 6.55. The third-order valence-corrected chi connectivity index (χ3v) is 8.15. The lowest BCUT2D eigenvalue weighted by Gasteiger charge is -2.33. The number of hydrogen-bond acceptors (Lipinski definition) is 8. The van der Waals surface area contributed by atoms with Crippen LogP contribution in [-0.4, -0.2) is 72.9 Å². The molecule has 232 valence electrons. The minimum absolute atomic E-state index is 0.112. The molecular formula is C35H46N2O6. The zero-order valence-electron chi connectivity index (χ0n) is 25.6. The summed E-state index contributed by atoms with van der Waals surface area (Å²) in [7, 11) is 3.43. The molecule has 43 heavy (non-hydrogen) atoms. The molecule has 1 fully saturated rings. The smallest absolute Gasteiger partial charge is 0.142 e.